The van der Waals surface area contributed by atoms with Gasteiger partial charge in [0.25, 0.3) is 0 Å². The Labute approximate surface area is 145 Å². The van der Waals surface area contributed by atoms with Gasteiger partial charge in [0.2, 0.25) is 10.0 Å². The van der Waals surface area contributed by atoms with Crippen molar-refractivity contribution in [1.29, 1.82) is 0 Å². The molecule has 24 heavy (non-hydrogen) atoms. The lowest BCUT2D eigenvalue weighted by Crippen LogP contribution is -2.48. The van der Waals surface area contributed by atoms with Crippen LogP contribution in [0, 0.1) is 11.6 Å². The van der Waals surface area contributed by atoms with E-state index in [0.717, 1.165) is 6.07 Å². The van der Waals surface area contributed by atoms with Crippen molar-refractivity contribution in [2.75, 3.05) is 19.6 Å². The molecule has 0 radical (unpaired) electrons. The maximum Gasteiger partial charge on any atom is 0.246 e. The standard InChI is InChI=1S/C16H16F2N2O2S.ClH/c17-13-5-3-4-12(10-13)15-11-19-8-9-20(15)23(21,22)16-7-2-1-6-14(16)18;/h1-7,10,15,19H,8-9,11H2;1H. The van der Waals surface area contributed by atoms with E-state index in [1.807, 2.05) is 0 Å². The highest BCUT2D eigenvalue weighted by molar-refractivity contribution is 7.89. The summed E-state index contributed by atoms with van der Waals surface area (Å²) in [6.07, 6.45) is 0. The highest BCUT2D eigenvalue weighted by Gasteiger charge is 2.35. The predicted octanol–water partition coefficient (Wildman–Crippen LogP) is 2.72. The van der Waals surface area contributed by atoms with Gasteiger partial charge in [0.15, 0.2) is 0 Å². The fraction of sp³-hybridized carbons (Fsp3) is 0.250. The number of nitrogens with one attached hydrogen (secondary N) is 1. The van der Waals surface area contributed by atoms with E-state index < -0.39 is 27.7 Å². The smallest absolute Gasteiger partial charge is 0.246 e. The Balaban J connectivity index is 0.00000208. The second-order valence-electron chi connectivity index (χ2n) is 5.32. The Morgan fingerprint density at radius 2 is 1.83 bits per heavy atom. The summed E-state index contributed by atoms with van der Waals surface area (Å²) < 4.78 is 54.4. The van der Waals surface area contributed by atoms with Crippen molar-refractivity contribution in [2.24, 2.45) is 0 Å². The minimum Gasteiger partial charge on any atom is -0.313 e. The Morgan fingerprint density at radius 1 is 1.08 bits per heavy atom. The van der Waals surface area contributed by atoms with Crippen LogP contribution < -0.4 is 5.32 Å². The molecule has 8 heteroatoms. The zero-order valence-corrected chi connectivity index (χ0v) is 14.3. The summed E-state index contributed by atoms with van der Waals surface area (Å²) >= 11 is 0. The molecule has 130 valence electrons. The third kappa shape index (κ3) is 3.59. The van der Waals surface area contributed by atoms with Crippen LogP contribution >= 0.6 is 12.4 Å². The molecule has 0 aliphatic carbocycles. The van der Waals surface area contributed by atoms with Gasteiger partial charge in [0, 0.05) is 19.6 Å². The van der Waals surface area contributed by atoms with Crippen molar-refractivity contribution in [3.63, 3.8) is 0 Å². The minimum absolute atomic E-state index is 0. The molecule has 1 saturated heterocycles. The molecule has 1 heterocycles. The first-order valence-corrected chi connectivity index (χ1v) is 8.67. The van der Waals surface area contributed by atoms with Gasteiger partial charge in [-0.1, -0.05) is 24.3 Å². The van der Waals surface area contributed by atoms with E-state index in [0.29, 0.717) is 18.7 Å². The maximum atomic E-state index is 14.0. The Hall–Kier alpha value is -1.54. The molecule has 1 N–H and O–H groups in total. The maximum absolute atomic E-state index is 14.0. The quantitative estimate of drug-likeness (QED) is 0.898. The Bertz CT molecular complexity index is 817. The third-order valence-electron chi connectivity index (χ3n) is 3.85. The number of nitrogens with zero attached hydrogens (tertiary/aromatic N) is 1. The number of sulfonamides is 1. The summed E-state index contributed by atoms with van der Waals surface area (Å²) in [5, 5.41) is 3.10. The first-order valence-electron chi connectivity index (χ1n) is 7.23. The molecule has 1 unspecified atom stereocenters. The average molecular weight is 375 g/mol. The van der Waals surface area contributed by atoms with Crippen molar-refractivity contribution in [3.8, 4) is 0 Å². The molecule has 1 aliphatic heterocycles. The van der Waals surface area contributed by atoms with Crippen molar-refractivity contribution in [3.05, 3.63) is 65.7 Å². The van der Waals surface area contributed by atoms with Crippen LogP contribution in [0.4, 0.5) is 8.78 Å². The second-order valence-corrected chi connectivity index (χ2v) is 7.18. The van der Waals surface area contributed by atoms with E-state index in [9.17, 15) is 17.2 Å². The molecule has 0 amide bonds. The van der Waals surface area contributed by atoms with E-state index in [-0.39, 0.29) is 23.8 Å². The molecule has 3 rings (SSSR count). The summed E-state index contributed by atoms with van der Waals surface area (Å²) in [6.45, 7) is 0.995. The molecule has 2 aromatic carbocycles. The summed E-state index contributed by atoms with van der Waals surface area (Å²) in [5.41, 5.74) is 0.539. The van der Waals surface area contributed by atoms with Gasteiger partial charge in [-0.05, 0) is 29.8 Å². The molecule has 1 aliphatic rings. The minimum atomic E-state index is -4.01. The molecule has 2 aromatic rings. The molecule has 1 fully saturated rings. The molecule has 0 bridgehead atoms. The van der Waals surface area contributed by atoms with Crippen LogP contribution in [-0.4, -0.2) is 32.4 Å². The third-order valence-corrected chi connectivity index (χ3v) is 5.79. The normalized spacial score (nSPS) is 18.8. The van der Waals surface area contributed by atoms with Crippen LogP contribution in [0.5, 0.6) is 0 Å². The molecule has 0 spiro atoms. The summed E-state index contributed by atoms with van der Waals surface area (Å²) in [7, 11) is -4.01. The molecular formula is C16H17ClF2N2O2S. The van der Waals surface area contributed by atoms with Gasteiger partial charge in [0.05, 0.1) is 6.04 Å². The van der Waals surface area contributed by atoms with Crippen molar-refractivity contribution in [2.45, 2.75) is 10.9 Å². The Morgan fingerprint density at radius 3 is 2.54 bits per heavy atom. The van der Waals surface area contributed by atoms with E-state index in [1.165, 1.54) is 40.7 Å². The topological polar surface area (TPSA) is 49.4 Å². The summed E-state index contributed by atoms with van der Waals surface area (Å²) in [5.74, 6) is -1.22. The predicted molar refractivity (Wildman–Crippen MR) is 89.6 cm³/mol. The number of rotatable bonds is 3. The van der Waals surface area contributed by atoms with Crippen LogP contribution in [0.1, 0.15) is 11.6 Å². The Kier molecular flexibility index (Phi) is 5.92. The molecule has 4 nitrogen and oxygen atoms in total. The van der Waals surface area contributed by atoms with E-state index in [4.69, 9.17) is 0 Å². The molecule has 0 aromatic heterocycles. The van der Waals surface area contributed by atoms with E-state index >= 15 is 0 Å². The number of benzene rings is 2. The molecule has 0 saturated carbocycles. The fourth-order valence-corrected chi connectivity index (χ4v) is 4.43. The lowest BCUT2D eigenvalue weighted by Gasteiger charge is -2.35. The fourth-order valence-electron chi connectivity index (χ4n) is 2.75. The molecule has 1 atom stereocenters. The van der Waals surface area contributed by atoms with Gasteiger partial charge >= 0.3 is 0 Å². The van der Waals surface area contributed by atoms with Gasteiger partial charge in [-0.3, -0.25) is 0 Å². The number of halogens is 3. The first-order chi connectivity index (χ1) is 11.0. The number of hydrogen-bond donors (Lipinski definition) is 1. The van der Waals surface area contributed by atoms with Crippen LogP contribution in [0.2, 0.25) is 0 Å². The van der Waals surface area contributed by atoms with Crippen LogP contribution in [0.25, 0.3) is 0 Å². The van der Waals surface area contributed by atoms with Crippen LogP contribution in [-0.2, 0) is 10.0 Å². The monoisotopic (exact) mass is 374 g/mol. The van der Waals surface area contributed by atoms with Crippen LogP contribution in [0.3, 0.4) is 0 Å². The van der Waals surface area contributed by atoms with Gasteiger partial charge < -0.3 is 5.32 Å². The van der Waals surface area contributed by atoms with Crippen molar-refractivity contribution in [1.82, 2.24) is 9.62 Å². The highest BCUT2D eigenvalue weighted by atomic mass is 35.5. The van der Waals surface area contributed by atoms with Gasteiger partial charge in [0.1, 0.15) is 16.5 Å². The summed E-state index contributed by atoms with van der Waals surface area (Å²) in [6, 6.07) is 10.5. The van der Waals surface area contributed by atoms with Crippen LogP contribution in [0.15, 0.2) is 53.4 Å². The zero-order valence-electron chi connectivity index (χ0n) is 12.7. The largest absolute Gasteiger partial charge is 0.313 e. The number of hydrogen-bond acceptors (Lipinski definition) is 3. The summed E-state index contributed by atoms with van der Waals surface area (Å²) in [4.78, 5) is -0.358. The van der Waals surface area contributed by atoms with Gasteiger partial charge in [-0.25, -0.2) is 17.2 Å². The first kappa shape index (κ1) is 18.8. The number of piperazine rings is 1. The lowest BCUT2D eigenvalue weighted by atomic mass is 10.1. The van der Waals surface area contributed by atoms with Crippen molar-refractivity contribution < 1.29 is 17.2 Å². The second kappa shape index (κ2) is 7.57. The van der Waals surface area contributed by atoms with Gasteiger partial charge in [-0.2, -0.15) is 4.31 Å². The lowest BCUT2D eigenvalue weighted by molar-refractivity contribution is 0.270. The van der Waals surface area contributed by atoms with Crippen molar-refractivity contribution >= 4 is 22.4 Å². The zero-order chi connectivity index (χ0) is 16.4. The average Bonchev–Trinajstić information content (AvgIpc) is 2.55. The highest BCUT2D eigenvalue weighted by Crippen LogP contribution is 2.30. The van der Waals surface area contributed by atoms with E-state index in [2.05, 4.69) is 5.32 Å². The van der Waals surface area contributed by atoms with Gasteiger partial charge in [-0.15, -0.1) is 12.4 Å². The SMILES string of the molecule is Cl.O=S(=O)(c1ccccc1F)N1CCNCC1c1cccc(F)c1. The molecular weight excluding hydrogens is 358 g/mol. The van der Waals surface area contributed by atoms with E-state index in [1.54, 1.807) is 6.07 Å².